The van der Waals surface area contributed by atoms with Crippen LogP contribution in [0.15, 0.2) is 59.1 Å². The van der Waals surface area contributed by atoms with Crippen LogP contribution in [0.4, 0.5) is 4.39 Å². The van der Waals surface area contributed by atoms with Gasteiger partial charge in [0.1, 0.15) is 34.4 Å². The molecule has 5 N–H and O–H groups in total. The maximum absolute atomic E-state index is 16.3. The number of amides is 2. The lowest BCUT2D eigenvalue weighted by atomic mass is 9.54. The molecule has 0 spiro atoms. The van der Waals surface area contributed by atoms with Crippen molar-refractivity contribution >= 4 is 23.4 Å². The summed E-state index contributed by atoms with van der Waals surface area (Å²) in [4.78, 5) is 56.1. The molecule has 0 bridgehead atoms. The van der Waals surface area contributed by atoms with Crippen molar-refractivity contribution in [1.82, 2.24) is 9.80 Å². The minimum atomic E-state index is -1.59. The third-order valence-corrected chi connectivity index (χ3v) is 9.20. The first-order chi connectivity index (χ1) is 21.2. The zero-order chi connectivity index (χ0) is 33.0. The Morgan fingerprint density at radius 1 is 1.13 bits per heavy atom. The van der Waals surface area contributed by atoms with E-state index in [-0.39, 0.29) is 59.7 Å². The van der Waals surface area contributed by atoms with Crippen molar-refractivity contribution in [3.63, 3.8) is 0 Å². The zero-order valence-electron chi connectivity index (χ0n) is 25.8. The number of nitrogens with zero attached hydrogens (tertiary/aromatic N) is 2. The SMILES string of the molecule is COc1cc(CN(C)CC(N)=O)c(F)c2c1C(=O)C1=C(Oc3ccccc3)[C@]3(C)C(=O)C(C(N)=O)=C(O)[C@@H](N(C)C)[C@@H]3C[C@@H]1C2. The fraction of sp³-hybridized carbons (Fsp3) is 0.394. The maximum Gasteiger partial charge on any atom is 0.255 e. The molecular formula is C33H37FN4O7. The van der Waals surface area contributed by atoms with Crippen LogP contribution in [-0.2, 0) is 27.3 Å². The van der Waals surface area contributed by atoms with E-state index in [0.717, 1.165) is 0 Å². The molecule has 0 aromatic heterocycles. The molecule has 4 atom stereocenters. The number of nitrogens with two attached hydrogens (primary N) is 2. The Hall–Kier alpha value is -4.55. The predicted octanol–water partition coefficient (Wildman–Crippen LogP) is 2.28. The summed E-state index contributed by atoms with van der Waals surface area (Å²) < 4.78 is 28.3. The number of aliphatic hydroxyl groups excluding tert-OH is 1. The maximum atomic E-state index is 16.3. The first-order valence-corrected chi connectivity index (χ1v) is 14.5. The van der Waals surface area contributed by atoms with Crippen LogP contribution in [0.2, 0.25) is 0 Å². The summed E-state index contributed by atoms with van der Waals surface area (Å²) >= 11 is 0. The molecule has 11 nitrogen and oxygen atoms in total. The molecule has 3 aliphatic carbocycles. The van der Waals surface area contributed by atoms with Crippen LogP contribution in [0, 0.1) is 23.1 Å². The molecule has 0 saturated carbocycles. The van der Waals surface area contributed by atoms with E-state index < -0.39 is 63.8 Å². The summed E-state index contributed by atoms with van der Waals surface area (Å²) in [5.74, 6) is -4.81. The van der Waals surface area contributed by atoms with Crippen molar-refractivity contribution < 1.29 is 38.1 Å². The van der Waals surface area contributed by atoms with Crippen LogP contribution in [-0.4, -0.2) is 79.1 Å². The Kier molecular flexibility index (Phi) is 8.32. The predicted molar refractivity (Wildman–Crippen MR) is 162 cm³/mol. The summed E-state index contributed by atoms with van der Waals surface area (Å²) in [5, 5.41) is 11.2. The van der Waals surface area contributed by atoms with Crippen LogP contribution < -0.4 is 20.9 Å². The number of likely N-dealkylation sites (N-methyl/N-ethyl adjacent to an activating group) is 2. The van der Waals surface area contributed by atoms with Gasteiger partial charge in [-0.3, -0.25) is 29.0 Å². The van der Waals surface area contributed by atoms with Crippen LogP contribution in [0.25, 0.3) is 0 Å². The number of hydrogen-bond acceptors (Lipinski definition) is 9. The Balaban J connectivity index is 1.76. The minimum Gasteiger partial charge on any atom is -0.510 e. The number of methoxy groups -OCH3 is 1. The molecule has 0 heterocycles. The molecule has 5 rings (SSSR count). The average Bonchev–Trinajstić information content (AvgIpc) is 2.96. The molecule has 238 valence electrons. The van der Waals surface area contributed by atoms with Crippen molar-refractivity contribution in [2.75, 3.05) is 34.8 Å². The number of benzene rings is 2. The Morgan fingerprint density at radius 3 is 2.38 bits per heavy atom. The molecule has 0 radical (unpaired) electrons. The van der Waals surface area contributed by atoms with Gasteiger partial charge in [-0.25, -0.2) is 4.39 Å². The second kappa shape index (κ2) is 11.8. The molecule has 0 saturated heterocycles. The van der Waals surface area contributed by atoms with Gasteiger partial charge in [-0.2, -0.15) is 0 Å². The number of fused-ring (bicyclic) bond motifs is 3. The Bertz CT molecular complexity index is 1670. The molecule has 0 aliphatic heterocycles. The highest BCUT2D eigenvalue weighted by atomic mass is 19.1. The standard InChI is InChI=1S/C33H37FN4O7/c1-33-20(27(37(2)3)29(41)25(30(33)42)32(36)43)12-16-11-19-24(28(40)23(16)31(33)45-18-9-7-6-8-10-18)21(44-5)13-17(26(19)34)14-38(4)15-22(35)39/h6-10,13,16,20,27,41H,11-12,14-15H2,1-5H3,(H2,35,39)(H2,36,43)/t16-,20-,27-,33-/m0/s1. The summed E-state index contributed by atoms with van der Waals surface area (Å²) in [5.41, 5.74) is 9.38. The molecule has 2 aromatic carbocycles. The van der Waals surface area contributed by atoms with Gasteiger partial charge in [0.15, 0.2) is 11.6 Å². The van der Waals surface area contributed by atoms with E-state index in [2.05, 4.69) is 0 Å². The smallest absolute Gasteiger partial charge is 0.255 e. The van der Waals surface area contributed by atoms with Crippen molar-refractivity contribution in [2.24, 2.45) is 28.7 Å². The Morgan fingerprint density at radius 2 is 1.80 bits per heavy atom. The van der Waals surface area contributed by atoms with E-state index in [1.165, 1.54) is 13.2 Å². The number of halogens is 1. The monoisotopic (exact) mass is 620 g/mol. The topological polar surface area (TPSA) is 165 Å². The highest BCUT2D eigenvalue weighted by Crippen LogP contribution is 2.57. The van der Waals surface area contributed by atoms with Gasteiger partial charge < -0.3 is 26.0 Å². The number of ether oxygens (including phenoxy) is 2. The summed E-state index contributed by atoms with van der Waals surface area (Å²) in [7, 11) is 6.40. The molecule has 0 unspecified atom stereocenters. The number of carbonyl (C=O) groups is 4. The van der Waals surface area contributed by atoms with E-state index in [4.69, 9.17) is 20.9 Å². The molecule has 3 aliphatic rings. The molecule has 2 amide bonds. The van der Waals surface area contributed by atoms with E-state index >= 15 is 4.39 Å². The largest absolute Gasteiger partial charge is 0.510 e. The summed E-state index contributed by atoms with van der Waals surface area (Å²) in [6.45, 7) is 1.54. The number of Topliss-reactive ketones (excluding diaryl/α,β-unsaturated/α-hetero) is 2. The highest BCUT2D eigenvalue weighted by Gasteiger charge is 2.62. The van der Waals surface area contributed by atoms with E-state index in [9.17, 15) is 24.3 Å². The molecule has 45 heavy (non-hydrogen) atoms. The van der Waals surface area contributed by atoms with Gasteiger partial charge in [-0.15, -0.1) is 0 Å². The number of rotatable bonds is 9. The number of para-hydroxylation sites is 1. The quantitative estimate of drug-likeness (QED) is 0.357. The third-order valence-electron chi connectivity index (χ3n) is 9.20. The molecule has 12 heteroatoms. The number of primary amides is 2. The average molecular weight is 621 g/mol. The van der Waals surface area contributed by atoms with Crippen molar-refractivity contribution in [3.8, 4) is 11.5 Å². The van der Waals surface area contributed by atoms with Gasteiger partial charge in [0.2, 0.25) is 5.91 Å². The van der Waals surface area contributed by atoms with Crippen molar-refractivity contribution in [2.45, 2.75) is 32.4 Å². The van der Waals surface area contributed by atoms with Crippen molar-refractivity contribution in [1.29, 1.82) is 0 Å². The summed E-state index contributed by atoms with van der Waals surface area (Å²) in [6.07, 6.45) is 0.263. The third kappa shape index (κ3) is 5.17. The van der Waals surface area contributed by atoms with E-state index in [0.29, 0.717) is 5.75 Å². The second-order valence-electron chi connectivity index (χ2n) is 12.3. The van der Waals surface area contributed by atoms with Gasteiger partial charge in [0, 0.05) is 29.2 Å². The highest BCUT2D eigenvalue weighted by molar-refractivity contribution is 6.23. The normalized spacial score (nSPS) is 24.4. The van der Waals surface area contributed by atoms with Gasteiger partial charge in [-0.05, 0) is 65.0 Å². The number of hydrogen-bond donors (Lipinski definition) is 3. The fourth-order valence-electron chi connectivity index (χ4n) is 7.26. The van der Waals surface area contributed by atoms with Gasteiger partial charge in [0.25, 0.3) is 5.91 Å². The number of carbonyl (C=O) groups excluding carboxylic acids is 4. The van der Waals surface area contributed by atoms with Gasteiger partial charge in [0.05, 0.1) is 30.7 Å². The van der Waals surface area contributed by atoms with Crippen molar-refractivity contribution in [3.05, 3.63) is 81.6 Å². The Labute approximate surface area is 260 Å². The molecular weight excluding hydrogens is 583 g/mol. The van der Waals surface area contributed by atoms with Crippen LogP contribution >= 0.6 is 0 Å². The summed E-state index contributed by atoms with van der Waals surface area (Å²) in [6, 6.07) is 9.19. The number of aliphatic hydroxyl groups is 1. The zero-order valence-corrected chi connectivity index (χ0v) is 25.8. The van der Waals surface area contributed by atoms with Gasteiger partial charge in [-0.1, -0.05) is 18.2 Å². The lowest BCUT2D eigenvalue weighted by molar-refractivity contribution is -0.133. The lowest BCUT2D eigenvalue weighted by Gasteiger charge is -2.52. The van der Waals surface area contributed by atoms with Gasteiger partial charge >= 0.3 is 0 Å². The minimum absolute atomic E-state index is 0.0136. The van der Waals surface area contributed by atoms with E-state index in [1.807, 2.05) is 0 Å². The second-order valence-corrected chi connectivity index (χ2v) is 12.3. The first-order valence-electron chi connectivity index (χ1n) is 14.5. The number of ketones is 2. The number of allylic oxidation sites excluding steroid dienone is 2. The lowest BCUT2D eigenvalue weighted by Crippen LogP contribution is -2.59. The molecule has 0 fully saturated rings. The van der Waals surface area contributed by atoms with Crippen LogP contribution in [0.5, 0.6) is 11.5 Å². The first kappa shape index (κ1) is 31.9. The van der Waals surface area contributed by atoms with Crippen LogP contribution in [0.3, 0.4) is 0 Å². The molecule has 2 aromatic rings. The van der Waals surface area contributed by atoms with E-state index in [1.54, 1.807) is 68.2 Å². The fourth-order valence-corrected chi connectivity index (χ4v) is 7.26. The van der Waals surface area contributed by atoms with Crippen LogP contribution in [0.1, 0.15) is 34.8 Å².